The monoisotopic (exact) mass is 496 g/mol. The maximum Gasteiger partial charge on any atom is 0.408 e. The minimum atomic E-state index is -0.526. The summed E-state index contributed by atoms with van der Waals surface area (Å²) in [6.07, 6.45) is -0.443. The number of nitrogens with zero attached hydrogens (tertiary/aromatic N) is 1. The predicted octanol–water partition coefficient (Wildman–Crippen LogP) is 3.93. The normalized spacial score (nSPS) is 12.0. The second-order valence-electron chi connectivity index (χ2n) is 7.42. The molecule has 0 aliphatic heterocycles. The molecule has 0 aliphatic rings. The summed E-state index contributed by atoms with van der Waals surface area (Å²) in [6, 6.07) is 7.63. The van der Waals surface area contributed by atoms with Crippen LogP contribution >= 0.6 is 35.6 Å². The van der Waals surface area contributed by atoms with Crippen LogP contribution in [-0.4, -0.2) is 36.8 Å². The zero-order chi connectivity index (χ0) is 19.1. The Hall–Kier alpha value is -1.22. The highest BCUT2D eigenvalue weighted by Gasteiger charge is 2.24. The highest BCUT2D eigenvalue weighted by atomic mass is 127. The molecule has 3 N–H and O–H groups in total. The molecule has 1 aromatic rings. The van der Waals surface area contributed by atoms with Gasteiger partial charge in [-0.1, -0.05) is 23.7 Å². The number of carbonyl (C=O) groups is 1. The van der Waals surface area contributed by atoms with Crippen molar-refractivity contribution in [3.63, 3.8) is 0 Å². The SMILES string of the molecule is CN=C(NCc1cccc(Cl)c1)NCC(C)(C)NC(=O)OC(C)(C)C.I. The number of hydrogen-bond donors (Lipinski definition) is 3. The van der Waals surface area contributed by atoms with E-state index in [-0.39, 0.29) is 24.0 Å². The summed E-state index contributed by atoms with van der Waals surface area (Å²) in [6.45, 7) is 10.4. The van der Waals surface area contributed by atoms with Crippen molar-refractivity contribution in [1.82, 2.24) is 16.0 Å². The van der Waals surface area contributed by atoms with E-state index in [0.29, 0.717) is 24.1 Å². The molecule has 148 valence electrons. The molecule has 0 aliphatic carbocycles. The molecule has 0 saturated carbocycles. The second kappa shape index (κ2) is 10.8. The average Bonchev–Trinajstić information content (AvgIpc) is 2.44. The van der Waals surface area contributed by atoms with E-state index >= 15 is 0 Å². The lowest BCUT2D eigenvalue weighted by Gasteiger charge is -2.29. The van der Waals surface area contributed by atoms with Crippen LogP contribution in [0.15, 0.2) is 29.3 Å². The number of benzene rings is 1. The Kier molecular flexibility index (Phi) is 10.3. The molecule has 26 heavy (non-hydrogen) atoms. The Morgan fingerprint density at radius 2 is 1.85 bits per heavy atom. The summed E-state index contributed by atoms with van der Waals surface area (Å²) < 4.78 is 5.29. The molecule has 1 amide bonds. The summed E-state index contributed by atoms with van der Waals surface area (Å²) in [5, 5.41) is 9.96. The summed E-state index contributed by atoms with van der Waals surface area (Å²) in [4.78, 5) is 16.1. The molecule has 0 radical (unpaired) electrons. The Bertz CT molecular complexity index is 615. The van der Waals surface area contributed by atoms with Gasteiger partial charge in [-0.25, -0.2) is 4.79 Å². The Labute approximate surface area is 178 Å². The highest BCUT2D eigenvalue weighted by Crippen LogP contribution is 2.10. The van der Waals surface area contributed by atoms with Gasteiger partial charge in [-0.05, 0) is 52.3 Å². The predicted molar refractivity (Wildman–Crippen MR) is 119 cm³/mol. The number of aliphatic imine (C=N–C) groups is 1. The van der Waals surface area contributed by atoms with E-state index < -0.39 is 17.2 Å². The topological polar surface area (TPSA) is 74.8 Å². The van der Waals surface area contributed by atoms with Gasteiger partial charge in [-0.3, -0.25) is 4.99 Å². The van der Waals surface area contributed by atoms with Crippen LogP contribution in [0.5, 0.6) is 0 Å². The number of halogens is 2. The molecule has 0 fully saturated rings. The van der Waals surface area contributed by atoms with Gasteiger partial charge in [0.1, 0.15) is 5.60 Å². The van der Waals surface area contributed by atoms with Crippen molar-refractivity contribution in [3.05, 3.63) is 34.9 Å². The standard InChI is InChI=1S/C18H29ClN4O2.HI/c1-17(2,3)25-16(24)23-18(4,5)12-22-15(20-6)21-11-13-8-7-9-14(19)10-13;/h7-10H,11-12H2,1-6H3,(H,23,24)(H2,20,21,22);1H. The number of hydrogen-bond acceptors (Lipinski definition) is 3. The van der Waals surface area contributed by atoms with Gasteiger partial charge in [0.05, 0.1) is 5.54 Å². The van der Waals surface area contributed by atoms with Crippen LogP contribution in [0.4, 0.5) is 4.79 Å². The van der Waals surface area contributed by atoms with E-state index in [4.69, 9.17) is 16.3 Å². The summed E-state index contributed by atoms with van der Waals surface area (Å²) in [5.41, 5.74) is 0.0274. The summed E-state index contributed by atoms with van der Waals surface area (Å²) in [7, 11) is 1.70. The van der Waals surface area contributed by atoms with Crippen molar-refractivity contribution >= 4 is 47.6 Å². The zero-order valence-corrected chi connectivity index (χ0v) is 19.4. The molecule has 0 atom stereocenters. The van der Waals surface area contributed by atoms with Gasteiger partial charge in [0.15, 0.2) is 5.96 Å². The van der Waals surface area contributed by atoms with Crippen LogP contribution in [0.25, 0.3) is 0 Å². The van der Waals surface area contributed by atoms with Gasteiger partial charge >= 0.3 is 6.09 Å². The number of alkyl carbamates (subject to hydrolysis) is 1. The molecule has 0 heterocycles. The third kappa shape index (κ3) is 10.7. The van der Waals surface area contributed by atoms with E-state index in [1.165, 1.54) is 0 Å². The zero-order valence-electron chi connectivity index (χ0n) is 16.3. The highest BCUT2D eigenvalue weighted by molar-refractivity contribution is 14.0. The Morgan fingerprint density at radius 3 is 2.38 bits per heavy atom. The Morgan fingerprint density at radius 1 is 1.19 bits per heavy atom. The van der Waals surface area contributed by atoms with Crippen molar-refractivity contribution in [3.8, 4) is 0 Å². The van der Waals surface area contributed by atoms with E-state index in [9.17, 15) is 4.79 Å². The van der Waals surface area contributed by atoms with E-state index in [2.05, 4.69) is 20.9 Å². The minimum absolute atomic E-state index is 0. The van der Waals surface area contributed by atoms with Crippen LogP contribution in [0, 0.1) is 0 Å². The van der Waals surface area contributed by atoms with E-state index in [1.54, 1.807) is 7.05 Å². The molecular formula is C18H30ClIN4O2. The first-order chi connectivity index (χ1) is 11.5. The summed E-state index contributed by atoms with van der Waals surface area (Å²) in [5.74, 6) is 0.638. The summed E-state index contributed by atoms with van der Waals surface area (Å²) >= 11 is 5.98. The first kappa shape index (κ1) is 24.8. The van der Waals surface area contributed by atoms with Crippen LogP contribution in [0.3, 0.4) is 0 Å². The number of rotatable bonds is 5. The van der Waals surface area contributed by atoms with Crippen molar-refractivity contribution in [2.24, 2.45) is 4.99 Å². The van der Waals surface area contributed by atoms with Crippen molar-refractivity contribution in [1.29, 1.82) is 0 Å². The van der Waals surface area contributed by atoms with Gasteiger partial charge in [-0.2, -0.15) is 0 Å². The molecule has 0 unspecified atom stereocenters. The van der Waals surface area contributed by atoms with Gasteiger partial charge in [0.25, 0.3) is 0 Å². The first-order valence-electron chi connectivity index (χ1n) is 8.21. The third-order valence-corrected chi connectivity index (χ3v) is 3.34. The van der Waals surface area contributed by atoms with E-state index in [0.717, 1.165) is 5.56 Å². The lowest BCUT2D eigenvalue weighted by Crippen LogP contribution is -2.54. The molecular weight excluding hydrogens is 467 g/mol. The van der Waals surface area contributed by atoms with Crippen LogP contribution in [0.1, 0.15) is 40.2 Å². The smallest absolute Gasteiger partial charge is 0.408 e. The fourth-order valence-corrected chi connectivity index (χ4v) is 2.20. The van der Waals surface area contributed by atoms with Crippen LogP contribution in [-0.2, 0) is 11.3 Å². The van der Waals surface area contributed by atoms with Gasteiger partial charge in [0, 0.05) is 25.2 Å². The second-order valence-corrected chi connectivity index (χ2v) is 7.86. The fourth-order valence-electron chi connectivity index (χ4n) is 1.98. The molecule has 1 rings (SSSR count). The van der Waals surface area contributed by atoms with Crippen molar-refractivity contribution in [2.75, 3.05) is 13.6 Å². The molecule has 1 aromatic carbocycles. The average molecular weight is 497 g/mol. The molecule has 0 saturated heterocycles. The fraction of sp³-hybridized carbons (Fsp3) is 0.556. The first-order valence-corrected chi connectivity index (χ1v) is 8.59. The quantitative estimate of drug-likeness (QED) is 0.328. The maximum absolute atomic E-state index is 11.9. The van der Waals surface area contributed by atoms with E-state index in [1.807, 2.05) is 58.9 Å². The number of ether oxygens (including phenoxy) is 1. The lowest BCUT2D eigenvalue weighted by atomic mass is 10.1. The number of amides is 1. The molecule has 0 spiro atoms. The lowest BCUT2D eigenvalue weighted by molar-refractivity contribution is 0.0474. The molecule has 0 aromatic heterocycles. The van der Waals surface area contributed by atoms with Crippen molar-refractivity contribution < 1.29 is 9.53 Å². The van der Waals surface area contributed by atoms with Gasteiger partial charge < -0.3 is 20.7 Å². The minimum Gasteiger partial charge on any atom is -0.444 e. The number of carbonyl (C=O) groups excluding carboxylic acids is 1. The number of guanidine groups is 1. The number of nitrogens with one attached hydrogen (secondary N) is 3. The van der Waals surface area contributed by atoms with Crippen LogP contribution in [0.2, 0.25) is 5.02 Å². The van der Waals surface area contributed by atoms with Gasteiger partial charge in [0.2, 0.25) is 0 Å². The molecule has 0 bridgehead atoms. The van der Waals surface area contributed by atoms with Gasteiger partial charge in [-0.15, -0.1) is 24.0 Å². The third-order valence-electron chi connectivity index (χ3n) is 3.11. The van der Waals surface area contributed by atoms with Crippen LogP contribution < -0.4 is 16.0 Å². The Balaban J connectivity index is 0.00000625. The van der Waals surface area contributed by atoms with Crippen molar-refractivity contribution in [2.45, 2.75) is 52.3 Å². The maximum atomic E-state index is 11.9. The molecule has 8 heteroatoms. The molecule has 6 nitrogen and oxygen atoms in total. The largest absolute Gasteiger partial charge is 0.444 e.